The third-order valence-corrected chi connectivity index (χ3v) is 5.34. The van der Waals surface area contributed by atoms with Gasteiger partial charge in [-0.2, -0.15) is 0 Å². The molecular formula is C14H16N4OS2. The van der Waals surface area contributed by atoms with Crippen LogP contribution >= 0.6 is 22.7 Å². The number of thiophene rings is 1. The van der Waals surface area contributed by atoms with Crippen LogP contribution in [0.15, 0.2) is 29.7 Å². The van der Waals surface area contributed by atoms with E-state index in [-0.39, 0.29) is 5.91 Å². The van der Waals surface area contributed by atoms with Gasteiger partial charge in [0, 0.05) is 26.2 Å². The van der Waals surface area contributed by atoms with Gasteiger partial charge in [-0.3, -0.25) is 4.79 Å². The highest BCUT2D eigenvalue weighted by atomic mass is 32.1. The third kappa shape index (κ3) is 3.14. The first-order chi connectivity index (χ1) is 10.3. The zero-order valence-corrected chi connectivity index (χ0v) is 13.4. The van der Waals surface area contributed by atoms with E-state index in [0.717, 1.165) is 41.2 Å². The van der Waals surface area contributed by atoms with Crippen molar-refractivity contribution in [3.05, 3.63) is 29.7 Å². The molecule has 0 saturated carbocycles. The highest BCUT2D eigenvalue weighted by Gasteiger charge is 2.22. The molecule has 1 aliphatic heterocycles. The van der Waals surface area contributed by atoms with Crippen LogP contribution in [-0.4, -0.2) is 47.2 Å². The van der Waals surface area contributed by atoms with Gasteiger partial charge < -0.3 is 9.80 Å². The molecule has 0 aliphatic carbocycles. The Labute approximate surface area is 131 Å². The van der Waals surface area contributed by atoms with Crippen molar-refractivity contribution >= 4 is 33.7 Å². The zero-order valence-electron chi connectivity index (χ0n) is 11.7. The summed E-state index contributed by atoms with van der Waals surface area (Å²) >= 11 is 3.29. The number of carbonyl (C=O) groups is 1. The van der Waals surface area contributed by atoms with Gasteiger partial charge in [-0.25, -0.2) is 0 Å². The average molecular weight is 320 g/mol. The number of hydrogen-bond donors (Lipinski definition) is 0. The van der Waals surface area contributed by atoms with E-state index in [1.807, 2.05) is 23.3 Å². The Kier molecular flexibility index (Phi) is 4.31. The van der Waals surface area contributed by atoms with Crippen LogP contribution in [0.3, 0.4) is 0 Å². The van der Waals surface area contributed by atoms with Crippen molar-refractivity contribution in [1.29, 1.82) is 0 Å². The maximum atomic E-state index is 11.8. The molecule has 21 heavy (non-hydrogen) atoms. The van der Waals surface area contributed by atoms with E-state index in [4.69, 9.17) is 0 Å². The van der Waals surface area contributed by atoms with E-state index in [0.29, 0.717) is 0 Å². The molecule has 0 unspecified atom stereocenters. The van der Waals surface area contributed by atoms with E-state index in [1.54, 1.807) is 34.8 Å². The van der Waals surface area contributed by atoms with Crippen LogP contribution in [0.1, 0.15) is 6.92 Å². The first-order valence-corrected chi connectivity index (χ1v) is 8.51. The largest absolute Gasteiger partial charge is 0.343 e. The van der Waals surface area contributed by atoms with Gasteiger partial charge in [0.25, 0.3) is 0 Å². The lowest BCUT2D eigenvalue weighted by Crippen LogP contribution is -2.48. The summed E-state index contributed by atoms with van der Waals surface area (Å²) in [7, 11) is 0. The Balaban J connectivity index is 1.64. The number of carbonyl (C=O) groups excluding carboxylic acids is 1. The molecular weight excluding hydrogens is 304 g/mol. The molecule has 2 aromatic heterocycles. The summed E-state index contributed by atoms with van der Waals surface area (Å²) in [5, 5.41) is 12.5. The van der Waals surface area contributed by atoms with Gasteiger partial charge in [-0.1, -0.05) is 23.5 Å². The van der Waals surface area contributed by atoms with Gasteiger partial charge in [0.15, 0.2) is 5.01 Å². The number of allylic oxidation sites excluding steroid dienone is 1. The normalized spacial score (nSPS) is 15.9. The summed E-state index contributed by atoms with van der Waals surface area (Å²) in [6.45, 7) is 4.94. The van der Waals surface area contributed by atoms with Gasteiger partial charge in [-0.05, 0) is 24.4 Å². The third-order valence-electron chi connectivity index (χ3n) is 3.32. The molecule has 110 valence electrons. The van der Waals surface area contributed by atoms with E-state index in [9.17, 15) is 4.79 Å². The minimum Gasteiger partial charge on any atom is -0.343 e. The van der Waals surface area contributed by atoms with Crippen LogP contribution in [0, 0.1) is 0 Å². The van der Waals surface area contributed by atoms with Gasteiger partial charge >= 0.3 is 0 Å². The summed E-state index contributed by atoms with van der Waals surface area (Å²) < 4.78 is 0. The summed E-state index contributed by atoms with van der Waals surface area (Å²) in [4.78, 5) is 17.0. The predicted octanol–water partition coefficient (Wildman–Crippen LogP) is 2.49. The topological polar surface area (TPSA) is 49.3 Å². The van der Waals surface area contributed by atoms with Crippen LogP contribution < -0.4 is 4.90 Å². The second kappa shape index (κ2) is 6.36. The number of piperazine rings is 1. The first-order valence-electron chi connectivity index (χ1n) is 6.82. The number of rotatable bonds is 3. The zero-order chi connectivity index (χ0) is 14.7. The molecule has 1 amide bonds. The van der Waals surface area contributed by atoms with Crippen LogP contribution in [-0.2, 0) is 4.79 Å². The van der Waals surface area contributed by atoms with Crippen LogP contribution in [0.4, 0.5) is 5.13 Å². The molecule has 2 aromatic rings. The van der Waals surface area contributed by atoms with Crippen molar-refractivity contribution in [3.8, 4) is 9.88 Å². The molecule has 5 nitrogen and oxygen atoms in total. The number of aromatic nitrogens is 2. The minimum atomic E-state index is 0.0914. The van der Waals surface area contributed by atoms with Crippen LogP contribution in [0.2, 0.25) is 0 Å². The number of nitrogens with zero attached hydrogens (tertiary/aromatic N) is 4. The first kappa shape index (κ1) is 14.2. The van der Waals surface area contributed by atoms with Gasteiger partial charge in [0.1, 0.15) is 0 Å². The fraction of sp³-hybridized carbons (Fsp3) is 0.357. The summed E-state index contributed by atoms with van der Waals surface area (Å²) in [6.07, 6.45) is 3.41. The SMILES string of the molecule is C/C=C/C(=O)N1CCN(c2nnc(-c3cccs3)s2)CC1. The molecule has 1 aliphatic rings. The second-order valence-corrected chi connectivity index (χ2v) is 6.58. The Hall–Kier alpha value is -1.73. The van der Waals surface area contributed by atoms with E-state index in [2.05, 4.69) is 21.2 Å². The molecule has 1 saturated heterocycles. The fourth-order valence-electron chi connectivity index (χ4n) is 2.21. The maximum absolute atomic E-state index is 11.8. The van der Waals surface area contributed by atoms with Crippen molar-refractivity contribution in [2.75, 3.05) is 31.1 Å². The number of amides is 1. The highest BCUT2D eigenvalue weighted by molar-refractivity contribution is 7.22. The van der Waals surface area contributed by atoms with Crippen molar-refractivity contribution in [1.82, 2.24) is 15.1 Å². The van der Waals surface area contributed by atoms with Crippen LogP contribution in [0.25, 0.3) is 9.88 Å². The van der Waals surface area contributed by atoms with E-state index in [1.165, 1.54) is 0 Å². The van der Waals surface area contributed by atoms with E-state index < -0.39 is 0 Å². The molecule has 7 heteroatoms. The van der Waals surface area contributed by atoms with Crippen molar-refractivity contribution in [2.24, 2.45) is 0 Å². The number of anilines is 1. The molecule has 0 radical (unpaired) electrons. The molecule has 0 N–H and O–H groups in total. The predicted molar refractivity (Wildman–Crippen MR) is 86.8 cm³/mol. The monoisotopic (exact) mass is 320 g/mol. The lowest BCUT2D eigenvalue weighted by molar-refractivity contribution is -0.126. The van der Waals surface area contributed by atoms with Crippen molar-refractivity contribution in [2.45, 2.75) is 6.92 Å². The number of hydrogen-bond acceptors (Lipinski definition) is 6. The minimum absolute atomic E-state index is 0.0914. The second-order valence-electron chi connectivity index (χ2n) is 4.68. The van der Waals surface area contributed by atoms with E-state index >= 15 is 0 Å². The highest BCUT2D eigenvalue weighted by Crippen LogP contribution is 2.31. The lowest BCUT2D eigenvalue weighted by atomic mass is 10.3. The fourth-order valence-corrected chi connectivity index (χ4v) is 3.90. The summed E-state index contributed by atoms with van der Waals surface area (Å²) in [5.74, 6) is 0.0914. The lowest BCUT2D eigenvalue weighted by Gasteiger charge is -2.33. The molecule has 0 aromatic carbocycles. The quantitative estimate of drug-likeness (QED) is 0.815. The van der Waals surface area contributed by atoms with Gasteiger partial charge in [-0.15, -0.1) is 21.5 Å². The molecule has 0 spiro atoms. The van der Waals surface area contributed by atoms with Crippen LogP contribution in [0.5, 0.6) is 0 Å². The molecule has 0 bridgehead atoms. The Morgan fingerprint density at radius 1 is 1.29 bits per heavy atom. The molecule has 0 atom stereocenters. The standard InChI is InChI=1S/C14H16N4OS2/c1-2-4-12(19)17-6-8-18(9-7-17)14-16-15-13(21-14)11-5-3-10-20-11/h2-5,10H,6-9H2,1H3/b4-2+. The van der Waals surface area contributed by atoms with Gasteiger partial charge in [0.05, 0.1) is 4.88 Å². The summed E-state index contributed by atoms with van der Waals surface area (Å²) in [5.41, 5.74) is 0. The van der Waals surface area contributed by atoms with Crippen molar-refractivity contribution < 1.29 is 4.79 Å². The van der Waals surface area contributed by atoms with Gasteiger partial charge in [0.2, 0.25) is 11.0 Å². The Bertz CT molecular complexity index is 627. The molecule has 1 fully saturated rings. The smallest absolute Gasteiger partial charge is 0.246 e. The molecule has 3 heterocycles. The Morgan fingerprint density at radius 2 is 2.10 bits per heavy atom. The average Bonchev–Trinajstić information content (AvgIpc) is 3.19. The Morgan fingerprint density at radius 3 is 2.76 bits per heavy atom. The maximum Gasteiger partial charge on any atom is 0.246 e. The summed E-state index contributed by atoms with van der Waals surface area (Å²) in [6, 6.07) is 4.08. The van der Waals surface area contributed by atoms with Crippen molar-refractivity contribution in [3.63, 3.8) is 0 Å². The molecule has 3 rings (SSSR count).